The van der Waals surface area contributed by atoms with E-state index in [9.17, 15) is 9.59 Å². The molecule has 2 N–H and O–H groups in total. The van der Waals surface area contributed by atoms with Crippen molar-refractivity contribution >= 4 is 39.6 Å². The Morgan fingerprint density at radius 3 is 2.83 bits per heavy atom. The van der Waals surface area contributed by atoms with Crippen molar-refractivity contribution in [3.8, 4) is 0 Å². The molecular weight excluding hydrogens is 320 g/mol. The molecule has 0 saturated heterocycles. The molecule has 1 unspecified atom stereocenters. The van der Waals surface area contributed by atoms with Crippen molar-refractivity contribution in [1.82, 2.24) is 10.3 Å². The molecular formula is C11H13BrN2O3S. The zero-order chi connectivity index (χ0) is 13.5. The molecule has 7 heteroatoms. The number of nitrogens with one attached hydrogen (secondary N) is 1. The van der Waals surface area contributed by atoms with Gasteiger partial charge >= 0.3 is 5.97 Å². The number of aromatic nitrogens is 1. The lowest BCUT2D eigenvalue weighted by atomic mass is 10.3. The van der Waals surface area contributed by atoms with Crippen LogP contribution in [0.1, 0.15) is 12.5 Å². The molecule has 0 spiro atoms. The molecule has 0 aliphatic rings. The highest BCUT2D eigenvalue weighted by Gasteiger charge is 2.17. The van der Waals surface area contributed by atoms with E-state index in [0.29, 0.717) is 11.5 Å². The third kappa shape index (κ3) is 5.50. The van der Waals surface area contributed by atoms with Gasteiger partial charge in [-0.25, -0.2) is 4.79 Å². The van der Waals surface area contributed by atoms with E-state index in [1.54, 1.807) is 12.4 Å². The molecule has 0 fully saturated rings. The number of nitrogens with zero attached hydrogens (tertiary/aromatic N) is 1. The second-order valence-corrected chi connectivity index (χ2v) is 5.56. The molecule has 1 aromatic heterocycles. The molecule has 1 amide bonds. The first-order valence-corrected chi connectivity index (χ1v) is 7.11. The Morgan fingerprint density at radius 2 is 2.28 bits per heavy atom. The number of carbonyl (C=O) groups is 2. The lowest BCUT2D eigenvalue weighted by Gasteiger charge is -2.12. The highest BCUT2D eigenvalue weighted by Crippen LogP contribution is 2.16. The van der Waals surface area contributed by atoms with Crippen LogP contribution < -0.4 is 5.32 Å². The maximum Gasteiger partial charge on any atom is 0.327 e. The standard InChI is InChI=1S/C11H13BrN2O3S/c1-7(15)14-10(11(16)17)6-18-5-8-2-9(12)4-13-3-8/h2-4,10H,5-6H2,1H3,(H,14,15)(H,16,17). The molecule has 0 bridgehead atoms. The number of hydrogen-bond acceptors (Lipinski definition) is 4. The van der Waals surface area contributed by atoms with Gasteiger partial charge in [0.2, 0.25) is 5.91 Å². The Bertz CT molecular complexity index is 442. The zero-order valence-electron chi connectivity index (χ0n) is 9.72. The average molecular weight is 333 g/mol. The maximum atomic E-state index is 10.9. The SMILES string of the molecule is CC(=O)NC(CSCc1cncc(Br)c1)C(=O)O. The Labute approximate surface area is 117 Å². The predicted molar refractivity (Wildman–Crippen MR) is 73.3 cm³/mol. The number of thioether (sulfide) groups is 1. The topological polar surface area (TPSA) is 79.3 Å². The molecule has 1 atom stereocenters. The Balaban J connectivity index is 2.43. The second kappa shape index (κ2) is 7.38. The number of aliphatic carboxylic acids is 1. The Hall–Kier alpha value is -1.08. The number of amides is 1. The molecule has 1 heterocycles. The average Bonchev–Trinajstić information content (AvgIpc) is 2.27. The number of halogens is 1. The smallest absolute Gasteiger partial charge is 0.327 e. The second-order valence-electron chi connectivity index (χ2n) is 3.62. The van der Waals surface area contributed by atoms with Crippen LogP contribution in [-0.4, -0.2) is 33.8 Å². The summed E-state index contributed by atoms with van der Waals surface area (Å²) < 4.78 is 0.886. The lowest BCUT2D eigenvalue weighted by molar-refractivity contribution is -0.140. The first-order valence-electron chi connectivity index (χ1n) is 5.16. The van der Waals surface area contributed by atoms with Crippen LogP contribution in [0.2, 0.25) is 0 Å². The van der Waals surface area contributed by atoms with Gasteiger partial charge in [-0.1, -0.05) is 0 Å². The third-order valence-electron chi connectivity index (χ3n) is 1.99. The highest BCUT2D eigenvalue weighted by molar-refractivity contribution is 9.10. The van der Waals surface area contributed by atoms with Gasteiger partial charge in [0.15, 0.2) is 0 Å². The first kappa shape index (κ1) is 15.0. The normalized spacial score (nSPS) is 11.9. The summed E-state index contributed by atoms with van der Waals surface area (Å²) in [4.78, 5) is 25.7. The van der Waals surface area contributed by atoms with Crippen molar-refractivity contribution in [2.75, 3.05) is 5.75 Å². The van der Waals surface area contributed by atoms with Crippen LogP contribution in [0.25, 0.3) is 0 Å². The third-order valence-corrected chi connectivity index (χ3v) is 3.53. The molecule has 1 rings (SSSR count). The largest absolute Gasteiger partial charge is 0.480 e. The fraction of sp³-hybridized carbons (Fsp3) is 0.364. The molecule has 1 aromatic rings. The van der Waals surface area contributed by atoms with E-state index in [2.05, 4.69) is 26.2 Å². The number of hydrogen-bond donors (Lipinski definition) is 2. The summed E-state index contributed by atoms with van der Waals surface area (Å²) in [7, 11) is 0. The number of carboxylic acid groups (broad SMARTS) is 1. The van der Waals surface area contributed by atoms with Crippen LogP contribution in [-0.2, 0) is 15.3 Å². The van der Waals surface area contributed by atoms with Gasteiger partial charge in [-0.05, 0) is 27.6 Å². The van der Waals surface area contributed by atoms with Crippen LogP contribution in [0.15, 0.2) is 22.9 Å². The zero-order valence-corrected chi connectivity index (χ0v) is 12.1. The van der Waals surface area contributed by atoms with Gasteiger partial charge in [-0.2, -0.15) is 11.8 Å². The van der Waals surface area contributed by atoms with E-state index in [-0.39, 0.29) is 5.91 Å². The maximum absolute atomic E-state index is 10.9. The summed E-state index contributed by atoms with van der Waals surface area (Å²) in [5.74, 6) is -0.394. The van der Waals surface area contributed by atoms with Gasteiger partial charge in [0.25, 0.3) is 0 Å². The van der Waals surface area contributed by atoms with Gasteiger partial charge in [-0.15, -0.1) is 0 Å². The highest BCUT2D eigenvalue weighted by atomic mass is 79.9. The molecule has 0 aliphatic heterocycles. The van der Waals surface area contributed by atoms with Gasteiger partial charge in [0.05, 0.1) is 0 Å². The summed E-state index contributed by atoms with van der Waals surface area (Å²) in [5, 5.41) is 11.3. The van der Waals surface area contributed by atoms with E-state index in [0.717, 1.165) is 10.0 Å². The van der Waals surface area contributed by atoms with E-state index < -0.39 is 12.0 Å². The number of rotatable bonds is 6. The van der Waals surface area contributed by atoms with E-state index in [1.165, 1.54) is 18.7 Å². The molecule has 5 nitrogen and oxygen atoms in total. The van der Waals surface area contributed by atoms with Crippen molar-refractivity contribution in [2.24, 2.45) is 0 Å². The monoisotopic (exact) mass is 332 g/mol. The van der Waals surface area contributed by atoms with Crippen molar-refractivity contribution in [2.45, 2.75) is 18.7 Å². The summed E-state index contributed by atoms with van der Waals surface area (Å²) in [6.45, 7) is 1.30. The summed E-state index contributed by atoms with van der Waals surface area (Å²) >= 11 is 4.75. The van der Waals surface area contributed by atoms with Gasteiger partial charge in [0, 0.05) is 35.3 Å². The van der Waals surface area contributed by atoms with Crippen LogP contribution in [0, 0.1) is 0 Å². The van der Waals surface area contributed by atoms with Crippen LogP contribution in [0.4, 0.5) is 0 Å². The Kier molecular flexibility index (Phi) is 6.14. The van der Waals surface area contributed by atoms with Crippen LogP contribution >= 0.6 is 27.7 Å². The molecule has 98 valence electrons. The molecule has 0 aromatic carbocycles. The lowest BCUT2D eigenvalue weighted by Crippen LogP contribution is -2.41. The minimum absolute atomic E-state index is 0.321. The van der Waals surface area contributed by atoms with Crippen molar-refractivity contribution in [3.63, 3.8) is 0 Å². The number of pyridine rings is 1. The quantitative estimate of drug-likeness (QED) is 0.828. The Morgan fingerprint density at radius 1 is 1.56 bits per heavy atom. The van der Waals surface area contributed by atoms with Crippen molar-refractivity contribution in [3.05, 3.63) is 28.5 Å². The molecule has 18 heavy (non-hydrogen) atoms. The van der Waals surface area contributed by atoms with Gasteiger partial charge in [-0.3, -0.25) is 9.78 Å². The first-order chi connectivity index (χ1) is 8.49. The van der Waals surface area contributed by atoms with Crippen molar-refractivity contribution in [1.29, 1.82) is 0 Å². The van der Waals surface area contributed by atoms with Crippen LogP contribution in [0.3, 0.4) is 0 Å². The molecule has 0 saturated carbocycles. The fourth-order valence-corrected chi connectivity index (χ4v) is 2.63. The van der Waals surface area contributed by atoms with Gasteiger partial charge < -0.3 is 10.4 Å². The van der Waals surface area contributed by atoms with E-state index >= 15 is 0 Å². The number of carbonyl (C=O) groups excluding carboxylic acids is 1. The fourth-order valence-electron chi connectivity index (χ4n) is 1.25. The minimum atomic E-state index is -1.02. The summed E-state index contributed by atoms with van der Waals surface area (Å²) in [5.41, 5.74) is 1.00. The molecule has 0 aliphatic carbocycles. The van der Waals surface area contributed by atoms with Gasteiger partial charge in [0.1, 0.15) is 6.04 Å². The summed E-state index contributed by atoms with van der Waals surface area (Å²) in [6.07, 6.45) is 3.41. The predicted octanol–water partition coefficient (Wildman–Crippen LogP) is 1.67. The van der Waals surface area contributed by atoms with Crippen molar-refractivity contribution < 1.29 is 14.7 Å². The minimum Gasteiger partial charge on any atom is -0.480 e. The summed E-state index contributed by atoms with van der Waals surface area (Å²) in [6, 6.07) is 1.07. The molecule has 0 radical (unpaired) electrons. The number of carboxylic acids is 1. The van der Waals surface area contributed by atoms with E-state index in [4.69, 9.17) is 5.11 Å². The van der Waals surface area contributed by atoms with E-state index in [1.807, 2.05) is 6.07 Å². The van der Waals surface area contributed by atoms with Crippen LogP contribution in [0.5, 0.6) is 0 Å².